The fourth-order valence-corrected chi connectivity index (χ4v) is 3.29. The van der Waals surface area contributed by atoms with Crippen molar-refractivity contribution in [1.29, 1.82) is 0 Å². The molecule has 0 aromatic carbocycles. The van der Waals surface area contributed by atoms with E-state index in [1.807, 2.05) is 18.4 Å². The zero-order chi connectivity index (χ0) is 15.4. The Hall–Kier alpha value is -2.28. The third kappa shape index (κ3) is 1.60. The molecular formula is C15H17N5O2. The standard InChI is InChI=1S/C15H17N5O2/c1-8-17-11-13-10(16-4-5-19(8)13)14-12(15(11)21)18-9(2)20(14)6-7-22-3/h4-7H2,1-3H3. The van der Waals surface area contributed by atoms with E-state index >= 15 is 0 Å². The minimum atomic E-state index is -0.105. The predicted molar refractivity (Wildman–Crippen MR) is 79.7 cm³/mol. The molecule has 114 valence electrons. The molecule has 1 aliphatic heterocycles. The van der Waals surface area contributed by atoms with Crippen LogP contribution in [0, 0.1) is 13.8 Å². The number of ether oxygens (including phenoxy) is 1. The van der Waals surface area contributed by atoms with Crippen molar-refractivity contribution in [2.24, 2.45) is 4.99 Å². The maximum Gasteiger partial charge on any atom is 0.234 e. The monoisotopic (exact) mass is 299 g/mol. The third-order valence-electron chi connectivity index (χ3n) is 4.31. The quantitative estimate of drug-likeness (QED) is 0.715. The van der Waals surface area contributed by atoms with E-state index in [1.165, 1.54) is 0 Å². The normalized spacial score (nSPS) is 15.6. The second kappa shape index (κ2) is 4.61. The maximum absolute atomic E-state index is 12.8. The molecule has 0 fully saturated rings. The number of aryl methyl sites for hydroxylation is 2. The number of carbonyl (C=O) groups excluding carboxylic acids is 1. The first kappa shape index (κ1) is 13.4. The zero-order valence-corrected chi connectivity index (χ0v) is 12.9. The largest absolute Gasteiger partial charge is 0.383 e. The molecule has 1 aliphatic carbocycles. The van der Waals surface area contributed by atoms with Gasteiger partial charge in [0.05, 0.1) is 13.2 Å². The summed E-state index contributed by atoms with van der Waals surface area (Å²) in [7, 11) is 1.67. The van der Waals surface area contributed by atoms with Gasteiger partial charge in [-0.2, -0.15) is 0 Å². The number of imidazole rings is 2. The Morgan fingerprint density at radius 3 is 2.64 bits per heavy atom. The molecule has 0 amide bonds. The highest BCUT2D eigenvalue weighted by atomic mass is 16.5. The van der Waals surface area contributed by atoms with Crippen molar-refractivity contribution < 1.29 is 9.53 Å². The second-order valence-corrected chi connectivity index (χ2v) is 5.57. The number of aromatic nitrogens is 4. The molecule has 7 heteroatoms. The molecule has 0 unspecified atom stereocenters. The Bertz CT molecular complexity index is 828. The van der Waals surface area contributed by atoms with Crippen LogP contribution in [0.5, 0.6) is 0 Å². The molecule has 0 spiro atoms. The fraction of sp³-hybridized carbons (Fsp3) is 0.467. The van der Waals surface area contributed by atoms with E-state index < -0.39 is 0 Å². The van der Waals surface area contributed by atoms with Crippen LogP contribution in [0.15, 0.2) is 4.99 Å². The van der Waals surface area contributed by atoms with Crippen molar-refractivity contribution in [2.75, 3.05) is 20.3 Å². The number of carbonyl (C=O) groups is 1. The van der Waals surface area contributed by atoms with Gasteiger partial charge in [0.2, 0.25) is 5.78 Å². The Morgan fingerprint density at radius 1 is 1.14 bits per heavy atom. The van der Waals surface area contributed by atoms with E-state index in [-0.39, 0.29) is 5.78 Å². The lowest BCUT2D eigenvalue weighted by molar-refractivity contribution is 0.102. The first-order valence-electron chi connectivity index (χ1n) is 7.36. The lowest BCUT2D eigenvalue weighted by atomic mass is 9.97. The molecule has 0 atom stereocenters. The van der Waals surface area contributed by atoms with Crippen LogP contribution in [0.2, 0.25) is 0 Å². The topological polar surface area (TPSA) is 74.3 Å². The van der Waals surface area contributed by atoms with E-state index in [1.54, 1.807) is 7.11 Å². The van der Waals surface area contributed by atoms with Crippen LogP contribution in [0.4, 0.5) is 0 Å². The highest BCUT2D eigenvalue weighted by Crippen LogP contribution is 2.30. The second-order valence-electron chi connectivity index (χ2n) is 5.57. The van der Waals surface area contributed by atoms with Gasteiger partial charge in [0.15, 0.2) is 0 Å². The molecule has 0 bridgehead atoms. The Morgan fingerprint density at radius 2 is 1.86 bits per heavy atom. The average molecular weight is 299 g/mol. The van der Waals surface area contributed by atoms with Gasteiger partial charge in [-0.3, -0.25) is 9.79 Å². The summed E-state index contributed by atoms with van der Waals surface area (Å²) >= 11 is 0. The molecule has 0 radical (unpaired) electrons. The van der Waals surface area contributed by atoms with Gasteiger partial charge >= 0.3 is 0 Å². The SMILES string of the molecule is COCCn1c(C)nc2c1C1=NCCn3c(C)nc(c31)C2=O. The van der Waals surface area contributed by atoms with E-state index in [0.717, 1.165) is 35.3 Å². The van der Waals surface area contributed by atoms with Gasteiger partial charge in [-0.1, -0.05) is 0 Å². The summed E-state index contributed by atoms with van der Waals surface area (Å²) in [5.41, 5.74) is 3.45. The van der Waals surface area contributed by atoms with Crippen LogP contribution < -0.4 is 0 Å². The Labute approximate surface area is 127 Å². The molecule has 22 heavy (non-hydrogen) atoms. The van der Waals surface area contributed by atoms with Crippen molar-refractivity contribution in [1.82, 2.24) is 19.1 Å². The van der Waals surface area contributed by atoms with Crippen LogP contribution in [-0.4, -0.2) is 50.9 Å². The lowest BCUT2D eigenvalue weighted by Crippen LogP contribution is -2.30. The maximum atomic E-state index is 12.8. The summed E-state index contributed by atoms with van der Waals surface area (Å²) in [6.07, 6.45) is 0. The third-order valence-corrected chi connectivity index (χ3v) is 4.31. The molecule has 7 nitrogen and oxygen atoms in total. The molecule has 0 N–H and O–H groups in total. The van der Waals surface area contributed by atoms with Crippen LogP contribution >= 0.6 is 0 Å². The smallest absolute Gasteiger partial charge is 0.234 e. The Balaban J connectivity index is 1.97. The van der Waals surface area contributed by atoms with Gasteiger partial charge in [0.25, 0.3) is 0 Å². The number of hydrogen-bond donors (Lipinski definition) is 0. The number of nitrogens with zero attached hydrogens (tertiary/aromatic N) is 5. The fourth-order valence-electron chi connectivity index (χ4n) is 3.29. The molecule has 3 heterocycles. The lowest BCUT2D eigenvalue weighted by Gasteiger charge is -2.22. The van der Waals surface area contributed by atoms with E-state index in [9.17, 15) is 4.79 Å². The van der Waals surface area contributed by atoms with E-state index in [4.69, 9.17) is 4.74 Å². The summed E-state index contributed by atoms with van der Waals surface area (Å²) in [4.78, 5) is 26.4. The summed E-state index contributed by atoms with van der Waals surface area (Å²) in [5, 5.41) is 0. The highest BCUT2D eigenvalue weighted by molar-refractivity contribution is 6.27. The van der Waals surface area contributed by atoms with E-state index in [2.05, 4.69) is 19.5 Å². The number of aliphatic imine (C=N–C) groups is 1. The Kier molecular flexibility index (Phi) is 2.80. The van der Waals surface area contributed by atoms with Crippen molar-refractivity contribution in [3.05, 3.63) is 34.4 Å². The van der Waals surface area contributed by atoms with Gasteiger partial charge in [0, 0.05) is 20.2 Å². The van der Waals surface area contributed by atoms with Crippen LogP contribution in [0.3, 0.4) is 0 Å². The first-order valence-corrected chi connectivity index (χ1v) is 7.36. The van der Waals surface area contributed by atoms with Crippen molar-refractivity contribution in [3.8, 4) is 0 Å². The summed E-state index contributed by atoms with van der Waals surface area (Å²) in [5.74, 6) is 1.56. The molecule has 2 aliphatic rings. The molecular weight excluding hydrogens is 282 g/mol. The van der Waals surface area contributed by atoms with Gasteiger partial charge in [-0.05, 0) is 13.8 Å². The van der Waals surface area contributed by atoms with Gasteiger partial charge in [-0.25, -0.2) is 9.97 Å². The molecule has 2 aromatic heterocycles. The summed E-state index contributed by atoms with van der Waals surface area (Å²) in [6.45, 7) is 6.52. The number of fused-ring (bicyclic) bond motifs is 2. The predicted octanol–water partition coefficient (Wildman–Crippen LogP) is 0.738. The minimum absolute atomic E-state index is 0.105. The number of hydrogen-bond acceptors (Lipinski definition) is 5. The molecule has 2 aromatic rings. The van der Waals surface area contributed by atoms with Gasteiger partial charge < -0.3 is 13.9 Å². The highest BCUT2D eigenvalue weighted by Gasteiger charge is 2.39. The van der Waals surface area contributed by atoms with Crippen LogP contribution in [0.1, 0.15) is 39.2 Å². The van der Waals surface area contributed by atoms with Gasteiger partial charge in [-0.15, -0.1) is 0 Å². The summed E-state index contributed by atoms with van der Waals surface area (Å²) < 4.78 is 9.29. The average Bonchev–Trinajstić information content (AvgIpc) is 3.02. The molecule has 0 saturated heterocycles. The molecule has 0 saturated carbocycles. The van der Waals surface area contributed by atoms with Gasteiger partial charge in [0.1, 0.15) is 40.1 Å². The molecule has 4 rings (SSSR count). The van der Waals surface area contributed by atoms with Crippen molar-refractivity contribution in [2.45, 2.75) is 26.9 Å². The van der Waals surface area contributed by atoms with Crippen LogP contribution in [0.25, 0.3) is 0 Å². The number of rotatable bonds is 3. The number of ketones is 1. The van der Waals surface area contributed by atoms with Crippen molar-refractivity contribution >= 4 is 11.5 Å². The van der Waals surface area contributed by atoms with Crippen molar-refractivity contribution in [3.63, 3.8) is 0 Å². The minimum Gasteiger partial charge on any atom is -0.383 e. The van der Waals surface area contributed by atoms with Crippen LogP contribution in [-0.2, 0) is 17.8 Å². The number of methoxy groups -OCH3 is 1. The zero-order valence-electron chi connectivity index (χ0n) is 12.9. The first-order chi connectivity index (χ1) is 10.6. The summed E-state index contributed by atoms with van der Waals surface area (Å²) in [6, 6.07) is 0. The van der Waals surface area contributed by atoms with E-state index in [0.29, 0.717) is 31.1 Å².